The molecule has 2 heterocycles. The molecule has 1 fully saturated rings. The molecule has 2 atom stereocenters. The molecular weight excluding hydrogens is 274 g/mol. The lowest BCUT2D eigenvalue weighted by atomic mass is 10.2. The first-order valence-corrected chi connectivity index (χ1v) is 7.00. The summed E-state index contributed by atoms with van der Waals surface area (Å²) in [5, 5.41) is 5.56. The summed E-state index contributed by atoms with van der Waals surface area (Å²) in [6.45, 7) is 4.07. The van der Waals surface area contributed by atoms with Crippen molar-refractivity contribution in [2.45, 2.75) is 38.5 Å². The van der Waals surface area contributed by atoms with E-state index in [9.17, 15) is 0 Å². The van der Waals surface area contributed by atoms with Crippen molar-refractivity contribution >= 4 is 27.3 Å². The summed E-state index contributed by atoms with van der Waals surface area (Å²) in [6.07, 6.45) is 3.27. The highest BCUT2D eigenvalue weighted by Gasteiger charge is 2.20. The largest absolute Gasteiger partial charge is 0.374 e. The second-order valence-electron chi connectivity index (χ2n) is 4.01. The van der Waals surface area contributed by atoms with Crippen LogP contribution in [-0.2, 0) is 11.3 Å². The predicted molar refractivity (Wildman–Crippen MR) is 67.3 cm³/mol. The van der Waals surface area contributed by atoms with Gasteiger partial charge in [-0.3, -0.25) is 0 Å². The summed E-state index contributed by atoms with van der Waals surface area (Å²) >= 11 is 5.24. The molecule has 0 amide bonds. The Bertz CT molecular complexity index is 315. The molecule has 2 rings (SSSR count). The summed E-state index contributed by atoms with van der Waals surface area (Å²) in [6, 6.07) is 2.16. The number of nitrogens with one attached hydrogen (secondary N) is 1. The number of hydrogen-bond acceptors (Lipinski definition) is 3. The van der Waals surface area contributed by atoms with Crippen LogP contribution in [-0.4, -0.2) is 18.8 Å². The zero-order valence-corrected chi connectivity index (χ0v) is 11.2. The van der Waals surface area contributed by atoms with E-state index >= 15 is 0 Å². The first kappa shape index (κ1) is 11.6. The van der Waals surface area contributed by atoms with E-state index in [0.717, 1.165) is 13.1 Å². The Hall–Kier alpha value is 0.1000. The van der Waals surface area contributed by atoms with Gasteiger partial charge in [-0.05, 0) is 41.8 Å². The number of hydrogen-bond donors (Lipinski definition) is 1. The number of ether oxygens (including phenoxy) is 1. The van der Waals surface area contributed by atoms with Crippen LogP contribution in [0.2, 0.25) is 0 Å². The predicted octanol–water partition coefficient (Wildman–Crippen LogP) is 3.17. The lowest BCUT2D eigenvalue weighted by Gasteiger charge is -2.11. The van der Waals surface area contributed by atoms with E-state index < -0.39 is 0 Å². The van der Waals surface area contributed by atoms with Gasteiger partial charge >= 0.3 is 0 Å². The van der Waals surface area contributed by atoms with Gasteiger partial charge < -0.3 is 10.1 Å². The molecule has 0 spiro atoms. The van der Waals surface area contributed by atoms with E-state index in [1.165, 1.54) is 22.2 Å². The first-order valence-electron chi connectivity index (χ1n) is 5.33. The minimum absolute atomic E-state index is 0.420. The standard InChI is InChI=1S/C11H16BrNOS/c1-8-2-3-10(14-8)5-13-6-11-4-9(12)7-15-11/h4,7-8,10,13H,2-3,5-6H2,1H3. The fourth-order valence-electron chi connectivity index (χ4n) is 1.84. The number of rotatable bonds is 4. The Labute approximate surface area is 103 Å². The Morgan fingerprint density at radius 2 is 2.47 bits per heavy atom. The van der Waals surface area contributed by atoms with E-state index in [1.54, 1.807) is 11.3 Å². The third-order valence-electron chi connectivity index (χ3n) is 2.61. The van der Waals surface area contributed by atoms with Gasteiger partial charge in [0, 0.05) is 27.8 Å². The molecule has 1 saturated heterocycles. The maximum atomic E-state index is 5.74. The van der Waals surface area contributed by atoms with Crippen LogP contribution in [0.15, 0.2) is 15.9 Å². The second-order valence-corrected chi connectivity index (χ2v) is 5.92. The van der Waals surface area contributed by atoms with Crippen molar-refractivity contribution in [2.75, 3.05) is 6.54 Å². The van der Waals surface area contributed by atoms with Gasteiger partial charge in [-0.25, -0.2) is 0 Å². The summed E-state index contributed by atoms with van der Waals surface area (Å²) in [4.78, 5) is 1.37. The van der Waals surface area contributed by atoms with Crippen LogP contribution in [0.25, 0.3) is 0 Å². The SMILES string of the molecule is CC1CCC(CNCc2cc(Br)cs2)O1. The van der Waals surface area contributed by atoms with E-state index in [1.807, 2.05) is 0 Å². The molecule has 0 radical (unpaired) electrons. The third-order valence-corrected chi connectivity index (χ3v) is 4.31. The van der Waals surface area contributed by atoms with Crippen LogP contribution in [0.4, 0.5) is 0 Å². The van der Waals surface area contributed by atoms with Gasteiger partial charge in [0.05, 0.1) is 12.2 Å². The molecule has 0 saturated carbocycles. The highest BCUT2D eigenvalue weighted by Crippen LogP contribution is 2.20. The van der Waals surface area contributed by atoms with Crippen LogP contribution in [0, 0.1) is 0 Å². The quantitative estimate of drug-likeness (QED) is 0.919. The van der Waals surface area contributed by atoms with Crippen molar-refractivity contribution in [3.8, 4) is 0 Å². The van der Waals surface area contributed by atoms with Gasteiger partial charge in [0.15, 0.2) is 0 Å². The van der Waals surface area contributed by atoms with Crippen molar-refractivity contribution in [1.29, 1.82) is 0 Å². The summed E-state index contributed by atoms with van der Waals surface area (Å²) < 4.78 is 6.91. The summed E-state index contributed by atoms with van der Waals surface area (Å²) in [7, 11) is 0. The molecule has 1 aliphatic heterocycles. The van der Waals surface area contributed by atoms with Crippen LogP contribution < -0.4 is 5.32 Å². The van der Waals surface area contributed by atoms with Gasteiger partial charge in [-0.15, -0.1) is 11.3 Å². The topological polar surface area (TPSA) is 21.3 Å². The summed E-state index contributed by atoms with van der Waals surface area (Å²) in [5.41, 5.74) is 0. The molecule has 84 valence electrons. The Balaban J connectivity index is 1.67. The van der Waals surface area contributed by atoms with E-state index in [0.29, 0.717) is 12.2 Å². The van der Waals surface area contributed by atoms with Gasteiger partial charge in [-0.1, -0.05) is 0 Å². The van der Waals surface area contributed by atoms with E-state index in [2.05, 4.69) is 39.6 Å². The average Bonchev–Trinajstić information content (AvgIpc) is 2.76. The van der Waals surface area contributed by atoms with Crippen LogP contribution >= 0.6 is 27.3 Å². The Morgan fingerprint density at radius 3 is 3.07 bits per heavy atom. The first-order chi connectivity index (χ1) is 7.24. The number of halogens is 1. The molecule has 4 heteroatoms. The average molecular weight is 290 g/mol. The highest BCUT2D eigenvalue weighted by molar-refractivity contribution is 9.10. The minimum atomic E-state index is 0.420. The molecule has 1 aromatic rings. The Kier molecular flexibility index (Phi) is 4.20. The smallest absolute Gasteiger partial charge is 0.0704 e. The van der Waals surface area contributed by atoms with Crippen molar-refractivity contribution in [1.82, 2.24) is 5.32 Å². The van der Waals surface area contributed by atoms with Gasteiger partial charge in [0.1, 0.15) is 0 Å². The molecule has 0 bridgehead atoms. The number of thiophene rings is 1. The molecular formula is C11H16BrNOS. The van der Waals surface area contributed by atoms with Crippen molar-refractivity contribution in [2.24, 2.45) is 0 Å². The highest BCUT2D eigenvalue weighted by atomic mass is 79.9. The van der Waals surface area contributed by atoms with Crippen LogP contribution in [0.1, 0.15) is 24.6 Å². The summed E-state index contributed by atoms with van der Waals surface area (Å²) in [5.74, 6) is 0. The fraction of sp³-hybridized carbons (Fsp3) is 0.636. The maximum absolute atomic E-state index is 5.74. The van der Waals surface area contributed by atoms with Crippen molar-refractivity contribution < 1.29 is 4.74 Å². The lowest BCUT2D eigenvalue weighted by molar-refractivity contribution is 0.0559. The Morgan fingerprint density at radius 1 is 1.60 bits per heavy atom. The minimum Gasteiger partial charge on any atom is -0.374 e. The maximum Gasteiger partial charge on any atom is 0.0704 e. The van der Waals surface area contributed by atoms with Crippen LogP contribution in [0.3, 0.4) is 0 Å². The van der Waals surface area contributed by atoms with Crippen molar-refractivity contribution in [3.05, 3.63) is 20.8 Å². The van der Waals surface area contributed by atoms with Crippen molar-refractivity contribution in [3.63, 3.8) is 0 Å². The zero-order valence-electron chi connectivity index (χ0n) is 8.83. The van der Waals surface area contributed by atoms with E-state index in [-0.39, 0.29) is 0 Å². The molecule has 0 aliphatic carbocycles. The van der Waals surface area contributed by atoms with Gasteiger partial charge in [0.2, 0.25) is 0 Å². The fourth-order valence-corrected chi connectivity index (χ4v) is 3.26. The molecule has 2 nitrogen and oxygen atoms in total. The zero-order chi connectivity index (χ0) is 10.7. The van der Waals surface area contributed by atoms with Gasteiger partial charge in [-0.2, -0.15) is 0 Å². The monoisotopic (exact) mass is 289 g/mol. The normalized spacial score (nSPS) is 26.0. The van der Waals surface area contributed by atoms with Gasteiger partial charge in [0.25, 0.3) is 0 Å². The van der Waals surface area contributed by atoms with E-state index in [4.69, 9.17) is 4.74 Å². The third kappa shape index (κ3) is 3.55. The molecule has 1 N–H and O–H groups in total. The molecule has 1 aromatic heterocycles. The molecule has 15 heavy (non-hydrogen) atoms. The van der Waals surface area contributed by atoms with Crippen LogP contribution in [0.5, 0.6) is 0 Å². The molecule has 0 aromatic carbocycles. The molecule has 1 aliphatic rings. The molecule has 2 unspecified atom stereocenters. The second kappa shape index (κ2) is 5.43. The lowest BCUT2D eigenvalue weighted by Crippen LogP contribution is -2.26.